The molecule has 2 rings (SSSR count). The fourth-order valence-corrected chi connectivity index (χ4v) is 3.45. The highest BCUT2D eigenvalue weighted by molar-refractivity contribution is 9.10. The summed E-state index contributed by atoms with van der Waals surface area (Å²) in [4.78, 5) is 0. The second-order valence-electron chi connectivity index (χ2n) is 6.46. The molecule has 1 N–H and O–H groups in total. The van der Waals surface area contributed by atoms with Crippen molar-refractivity contribution < 1.29 is 0 Å². The number of nitrogens with zero attached hydrogens (tertiary/aromatic N) is 1. The molecule has 1 aliphatic carbocycles. The van der Waals surface area contributed by atoms with Crippen LogP contribution in [0, 0.1) is 22.7 Å². The molecule has 0 aliphatic heterocycles. The minimum Gasteiger partial charge on any atom is -0.366 e. The van der Waals surface area contributed by atoms with Gasteiger partial charge in [0.05, 0.1) is 6.07 Å². The van der Waals surface area contributed by atoms with Crippen LogP contribution in [0.15, 0.2) is 28.7 Å². The Labute approximate surface area is 124 Å². The summed E-state index contributed by atoms with van der Waals surface area (Å²) in [6.45, 7) is 6.78. The fourth-order valence-electron chi connectivity index (χ4n) is 3.07. The van der Waals surface area contributed by atoms with E-state index in [2.05, 4.69) is 48.1 Å². The van der Waals surface area contributed by atoms with Crippen LogP contribution in [-0.2, 0) is 0 Å². The summed E-state index contributed by atoms with van der Waals surface area (Å²) in [6.07, 6.45) is 3.07. The minimum absolute atomic E-state index is 0.341. The van der Waals surface area contributed by atoms with E-state index in [0.29, 0.717) is 11.3 Å². The number of nitriles is 1. The number of benzene rings is 1. The van der Waals surface area contributed by atoms with Crippen LogP contribution in [0.3, 0.4) is 0 Å². The summed E-state index contributed by atoms with van der Waals surface area (Å²) < 4.78 is 1.02. The van der Waals surface area contributed by atoms with E-state index in [4.69, 9.17) is 0 Å². The zero-order chi connectivity index (χ0) is 14.1. The van der Waals surface area contributed by atoms with E-state index in [1.165, 1.54) is 0 Å². The molecule has 2 atom stereocenters. The van der Waals surface area contributed by atoms with Gasteiger partial charge in [-0.1, -0.05) is 32.9 Å². The zero-order valence-electron chi connectivity index (χ0n) is 11.8. The summed E-state index contributed by atoms with van der Waals surface area (Å²) in [5, 5.41) is 13.2. The van der Waals surface area contributed by atoms with E-state index in [0.717, 1.165) is 29.4 Å². The van der Waals surface area contributed by atoms with Crippen molar-refractivity contribution in [2.24, 2.45) is 11.3 Å². The van der Waals surface area contributed by atoms with Crippen molar-refractivity contribution in [3.63, 3.8) is 0 Å². The lowest BCUT2D eigenvalue weighted by Gasteiger charge is -2.45. The van der Waals surface area contributed by atoms with Crippen LogP contribution in [0.25, 0.3) is 0 Å². The van der Waals surface area contributed by atoms with Gasteiger partial charge in [-0.25, -0.2) is 0 Å². The van der Waals surface area contributed by atoms with Crippen LogP contribution in [-0.4, -0.2) is 5.54 Å². The molecule has 0 saturated heterocycles. The third-order valence-electron chi connectivity index (χ3n) is 4.33. The van der Waals surface area contributed by atoms with Gasteiger partial charge in [-0.05, 0) is 58.7 Å². The molecule has 1 fully saturated rings. The molecule has 2 unspecified atom stereocenters. The van der Waals surface area contributed by atoms with E-state index >= 15 is 0 Å². The lowest BCUT2D eigenvalue weighted by Crippen LogP contribution is -2.49. The summed E-state index contributed by atoms with van der Waals surface area (Å²) in [5.74, 6) is 0.341. The molecular weight excluding hydrogens is 300 g/mol. The molecule has 1 aliphatic rings. The molecule has 0 radical (unpaired) electrons. The van der Waals surface area contributed by atoms with Gasteiger partial charge in [0, 0.05) is 10.2 Å². The third kappa shape index (κ3) is 2.95. The van der Waals surface area contributed by atoms with E-state index in [1.54, 1.807) is 0 Å². The molecule has 2 nitrogen and oxygen atoms in total. The number of hydrogen-bond donors (Lipinski definition) is 1. The maximum absolute atomic E-state index is 9.71. The second-order valence-corrected chi connectivity index (χ2v) is 7.31. The number of hydrogen-bond acceptors (Lipinski definition) is 2. The van der Waals surface area contributed by atoms with Gasteiger partial charge in [0.2, 0.25) is 0 Å². The summed E-state index contributed by atoms with van der Waals surface area (Å²) in [7, 11) is 0. The van der Waals surface area contributed by atoms with E-state index < -0.39 is 5.54 Å². The highest BCUT2D eigenvalue weighted by Crippen LogP contribution is 2.45. The molecule has 1 saturated carbocycles. The number of halogens is 1. The zero-order valence-corrected chi connectivity index (χ0v) is 13.4. The Bertz CT molecular complexity index is 504. The Kier molecular flexibility index (Phi) is 3.92. The largest absolute Gasteiger partial charge is 0.366 e. The molecule has 0 bridgehead atoms. The molecule has 0 aromatic heterocycles. The number of anilines is 1. The number of para-hydroxylation sites is 1. The van der Waals surface area contributed by atoms with Gasteiger partial charge in [-0.2, -0.15) is 5.26 Å². The maximum atomic E-state index is 9.71. The van der Waals surface area contributed by atoms with Crippen molar-refractivity contribution in [2.45, 2.75) is 45.6 Å². The Balaban J connectivity index is 2.26. The van der Waals surface area contributed by atoms with Crippen molar-refractivity contribution in [1.82, 2.24) is 0 Å². The quantitative estimate of drug-likeness (QED) is 0.835. The standard InChI is InChI=1S/C16H21BrN2/c1-12-10-15(2,3)8-9-16(12,11-18)19-14-7-5-4-6-13(14)17/h4-7,12,19H,8-10H2,1-3H3. The summed E-state index contributed by atoms with van der Waals surface area (Å²) in [6, 6.07) is 10.6. The second kappa shape index (κ2) is 5.17. The average molecular weight is 321 g/mol. The first-order chi connectivity index (χ1) is 8.88. The van der Waals surface area contributed by atoms with Crippen LogP contribution in [0.4, 0.5) is 5.69 Å². The van der Waals surface area contributed by atoms with Crippen LogP contribution < -0.4 is 5.32 Å². The fraction of sp³-hybridized carbons (Fsp3) is 0.562. The molecule has 1 aromatic rings. The van der Waals surface area contributed by atoms with Crippen LogP contribution in [0.5, 0.6) is 0 Å². The van der Waals surface area contributed by atoms with Gasteiger partial charge < -0.3 is 5.32 Å². The first-order valence-corrected chi connectivity index (χ1v) is 7.62. The lowest BCUT2D eigenvalue weighted by atomic mass is 9.64. The average Bonchev–Trinajstić information content (AvgIpc) is 2.35. The smallest absolute Gasteiger partial charge is 0.128 e. The summed E-state index contributed by atoms with van der Waals surface area (Å²) in [5.41, 5.74) is 0.907. The first kappa shape index (κ1) is 14.4. The Morgan fingerprint density at radius 3 is 2.58 bits per heavy atom. The molecule has 0 spiro atoms. The Morgan fingerprint density at radius 2 is 2.00 bits per heavy atom. The predicted molar refractivity (Wildman–Crippen MR) is 82.9 cm³/mol. The van der Waals surface area contributed by atoms with Gasteiger partial charge in [0.15, 0.2) is 0 Å². The lowest BCUT2D eigenvalue weighted by molar-refractivity contribution is 0.146. The maximum Gasteiger partial charge on any atom is 0.128 e. The minimum atomic E-state index is -0.445. The molecule has 0 amide bonds. The van der Waals surface area contributed by atoms with Crippen molar-refractivity contribution in [3.8, 4) is 6.07 Å². The summed E-state index contributed by atoms with van der Waals surface area (Å²) >= 11 is 3.55. The van der Waals surface area contributed by atoms with E-state index in [-0.39, 0.29) is 0 Å². The Morgan fingerprint density at radius 1 is 1.32 bits per heavy atom. The topological polar surface area (TPSA) is 35.8 Å². The van der Waals surface area contributed by atoms with Crippen molar-refractivity contribution in [3.05, 3.63) is 28.7 Å². The molecule has 0 heterocycles. The van der Waals surface area contributed by atoms with E-state index in [1.807, 2.05) is 24.3 Å². The van der Waals surface area contributed by atoms with Gasteiger partial charge in [-0.3, -0.25) is 0 Å². The molecule has 102 valence electrons. The molecule has 3 heteroatoms. The SMILES string of the molecule is CC1CC(C)(C)CCC1(C#N)Nc1ccccc1Br. The van der Waals surface area contributed by atoms with Gasteiger partial charge >= 0.3 is 0 Å². The molecule has 1 aromatic carbocycles. The van der Waals surface area contributed by atoms with Gasteiger partial charge in [-0.15, -0.1) is 0 Å². The third-order valence-corrected chi connectivity index (χ3v) is 5.02. The van der Waals surface area contributed by atoms with Crippen LogP contribution >= 0.6 is 15.9 Å². The predicted octanol–water partition coefficient (Wildman–Crippen LogP) is 4.97. The first-order valence-electron chi connectivity index (χ1n) is 6.82. The number of nitrogens with one attached hydrogen (secondary N) is 1. The Hall–Kier alpha value is -1.01. The van der Waals surface area contributed by atoms with Crippen LogP contribution in [0.2, 0.25) is 0 Å². The normalized spacial score (nSPS) is 29.5. The van der Waals surface area contributed by atoms with E-state index in [9.17, 15) is 5.26 Å². The van der Waals surface area contributed by atoms with Crippen molar-refractivity contribution >= 4 is 21.6 Å². The van der Waals surface area contributed by atoms with Crippen molar-refractivity contribution in [2.75, 3.05) is 5.32 Å². The molecule has 19 heavy (non-hydrogen) atoms. The number of rotatable bonds is 2. The van der Waals surface area contributed by atoms with Crippen LogP contribution in [0.1, 0.15) is 40.0 Å². The van der Waals surface area contributed by atoms with Gasteiger partial charge in [0.25, 0.3) is 0 Å². The molecular formula is C16H21BrN2. The highest BCUT2D eigenvalue weighted by Gasteiger charge is 2.44. The highest BCUT2D eigenvalue weighted by atomic mass is 79.9. The van der Waals surface area contributed by atoms with Gasteiger partial charge in [0.1, 0.15) is 5.54 Å². The monoisotopic (exact) mass is 320 g/mol. The van der Waals surface area contributed by atoms with Crippen molar-refractivity contribution in [1.29, 1.82) is 5.26 Å².